The van der Waals surface area contributed by atoms with E-state index < -0.39 is 9.84 Å². The smallest absolute Gasteiger partial charge is 0.179 e. The first kappa shape index (κ1) is 21.7. The van der Waals surface area contributed by atoms with Gasteiger partial charge in [0.05, 0.1) is 17.8 Å². The summed E-state index contributed by atoms with van der Waals surface area (Å²) in [6, 6.07) is 14.2. The van der Waals surface area contributed by atoms with Gasteiger partial charge in [0, 0.05) is 45.7 Å². The van der Waals surface area contributed by atoms with Gasteiger partial charge in [0.15, 0.2) is 15.6 Å². The van der Waals surface area contributed by atoms with Crippen LogP contribution >= 0.6 is 11.6 Å². The van der Waals surface area contributed by atoms with Crippen molar-refractivity contribution in [3.8, 4) is 5.69 Å². The molecule has 0 unspecified atom stereocenters. The lowest BCUT2D eigenvalue weighted by atomic mass is 10.0. The van der Waals surface area contributed by atoms with E-state index in [4.69, 9.17) is 11.6 Å². The van der Waals surface area contributed by atoms with Crippen molar-refractivity contribution in [3.63, 3.8) is 0 Å². The molecular weight excluding hydrogens is 444 g/mol. The Labute approximate surface area is 193 Å². The summed E-state index contributed by atoms with van der Waals surface area (Å²) >= 11 is 6.10. The Bertz CT molecular complexity index is 1290. The van der Waals surface area contributed by atoms with E-state index in [1.807, 2.05) is 54.0 Å². The van der Waals surface area contributed by atoms with Crippen molar-refractivity contribution in [1.82, 2.24) is 9.47 Å². The molecule has 0 N–H and O–H groups in total. The number of aromatic nitrogens is 1. The van der Waals surface area contributed by atoms with Gasteiger partial charge in [0.2, 0.25) is 0 Å². The van der Waals surface area contributed by atoms with Crippen LogP contribution in [-0.2, 0) is 15.6 Å². The maximum Gasteiger partial charge on any atom is 0.179 e. The van der Waals surface area contributed by atoms with Crippen LogP contribution in [0.3, 0.4) is 0 Å². The molecule has 0 radical (unpaired) electrons. The third-order valence-electron chi connectivity index (χ3n) is 6.99. The minimum atomic E-state index is -3.17. The third-order valence-corrected chi connectivity index (χ3v) is 8.10. The Hall–Kier alpha value is -2.15. The summed E-state index contributed by atoms with van der Waals surface area (Å²) in [7, 11) is -3.17. The van der Waals surface area contributed by atoms with Crippen LogP contribution in [0.2, 0.25) is 5.02 Å². The van der Waals surface area contributed by atoms with Crippen LogP contribution in [-0.4, -0.2) is 48.6 Å². The molecule has 3 heterocycles. The van der Waals surface area contributed by atoms with Crippen LogP contribution in [0.1, 0.15) is 47.3 Å². The molecule has 1 aromatic heterocycles. The van der Waals surface area contributed by atoms with Crippen LogP contribution in [0.15, 0.2) is 42.5 Å². The molecule has 0 spiro atoms. The van der Waals surface area contributed by atoms with Crippen molar-refractivity contribution >= 4 is 38.1 Å². The molecule has 168 valence electrons. The van der Waals surface area contributed by atoms with Gasteiger partial charge < -0.3 is 4.57 Å². The van der Waals surface area contributed by atoms with Gasteiger partial charge >= 0.3 is 0 Å². The van der Waals surface area contributed by atoms with E-state index in [0.717, 1.165) is 27.8 Å². The number of ketones is 1. The van der Waals surface area contributed by atoms with E-state index in [-0.39, 0.29) is 11.5 Å². The summed E-state index contributed by atoms with van der Waals surface area (Å²) in [5, 5.41) is 1.51. The molecule has 0 aliphatic carbocycles. The highest BCUT2D eigenvalue weighted by molar-refractivity contribution is 7.89. The maximum atomic E-state index is 13.6. The first-order chi connectivity index (χ1) is 15.2. The fourth-order valence-electron chi connectivity index (χ4n) is 5.65. The number of hydrogen-bond acceptors (Lipinski definition) is 4. The Morgan fingerprint density at radius 3 is 2.25 bits per heavy atom. The zero-order chi connectivity index (χ0) is 22.6. The molecule has 2 bridgehead atoms. The molecule has 2 saturated heterocycles. The van der Waals surface area contributed by atoms with E-state index in [2.05, 4.69) is 4.90 Å². The number of benzene rings is 2. The number of carbonyl (C=O) groups is 1. The monoisotopic (exact) mass is 470 g/mol. The molecule has 2 aliphatic rings. The topological polar surface area (TPSA) is 59.4 Å². The quantitative estimate of drug-likeness (QED) is 0.478. The molecule has 5 rings (SSSR count). The Morgan fingerprint density at radius 2 is 1.66 bits per heavy atom. The van der Waals surface area contributed by atoms with Crippen molar-refractivity contribution in [2.45, 2.75) is 50.4 Å². The molecule has 2 fully saturated rings. The van der Waals surface area contributed by atoms with E-state index in [1.54, 1.807) is 0 Å². The van der Waals surface area contributed by atoms with Gasteiger partial charge in [-0.2, -0.15) is 0 Å². The van der Waals surface area contributed by atoms with E-state index >= 15 is 0 Å². The highest BCUT2D eigenvalue weighted by Gasteiger charge is 2.40. The van der Waals surface area contributed by atoms with E-state index in [1.165, 1.54) is 31.9 Å². The highest BCUT2D eigenvalue weighted by atomic mass is 35.5. The van der Waals surface area contributed by atoms with Crippen molar-refractivity contribution in [2.24, 2.45) is 0 Å². The summed E-state index contributed by atoms with van der Waals surface area (Å²) in [6.45, 7) is 2.41. The number of rotatable bonds is 6. The third kappa shape index (κ3) is 3.89. The number of nitrogens with zero attached hydrogens (tertiary/aromatic N) is 2. The minimum absolute atomic E-state index is 0.0335. The average molecular weight is 471 g/mol. The lowest BCUT2D eigenvalue weighted by molar-refractivity contribution is 0.0919. The standard InChI is InChI=1S/C25H27ClN2O3S/c1-16-25(24(29)14-27-19-8-9-20(27)11-10-19)22-12-3-17(15-32(2,30)31)13-23(22)28(16)21-6-4-18(26)5-7-21/h3-7,12-13,19-20H,8-11,14-15H2,1-2H3. The molecule has 5 nitrogen and oxygen atoms in total. The fraction of sp³-hybridized carbons (Fsp3) is 0.400. The van der Waals surface area contributed by atoms with E-state index in [0.29, 0.717) is 29.2 Å². The Balaban J connectivity index is 1.63. The summed E-state index contributed by atoms with van der Waals surface area (Å²) in [4.78, 5) is 16.0. The normalized spacial score (nSPS) is 21.0. The highest BCUT2D eigenvalue weighted by Crippen LogP contribution is 2.38. The first-order valence-corrected chi connectivity index (χ1v) is 13.5. The van der Waals surface area contributed by atoms with Crippen molar-refractivity contribution in [3.05, 3.63) is 64.3 Å². The van der Waals surface area contributed by atoms with Crippen molar-refractivity contribution in [2.75, 3.05) is 12.8 Å². The van der Waals surface area contributed by atoms with Gasteiger partial charge in [-0.3, -0.25) is 9.69 Å². The minimum Gasteiger partial charge on any atom is -0.313 e. The first-order valence-electron chi connectivity index (χ1n) is 11.1. The van der Waals surface area contributed by atoms with Gasteiger partial charge in [-0.25, -0.2) is 8.42 Å². The average Bonchev–Trinajstić information content (AvgIpc) is 3.37. The second kappa shape index (κ2) is 8.01. The van der Waals surface area contributed by atoms with Crippen molar-refractivity contribution < 1.29 is 13.2 Å². The van der Waals surface area contributed by atoms with Gasteiger partial charge in [-0.05, 0) is 68.5 Å². The number of hydrogen-bond donors (Lipinski definition) is 0. The molecular formula is C25H27ClN2O3S. The molecule has 0 saturated carbocycles. The molecule has 0 atom stereocenters. The largest absolute Gasteiger partial charge is 0.313 e. The SMILES string of the molecule is Cc1c(C(=O)CN2C3CCC2CC3)c2ccc(CS(C)(=O)=O)cc2n1-c1ccc(Cl)cc1. The van der Waals surface area contributed by atoms with Crippen LogP contribution in [0, 0.1) is 6.92 Å². The Morgan fingerprint density at radius 1 is 1.03 bits per heavy atom. The number of carbonyl (C=O) groups excluding carboxylic acids is 1. The summed E-state index contributed by atoms with van der Waals surface area (Å²) < 4.78 is 25.8. The second-order valence-corrected chi connectivity index (χ2v) is 11.8. The molecule has 32 heavy (non-hydrogen) atoms. The maximum absolute atomic E-state index is 13.6. The van der Waals surface area contributed by atoms with Gasteiger partial charge in [0.25, 0.3) is 0 Å². The molecule has 0 amide bonds. The summed E-state index contributed by atoms with van der Waals surface area (Å²) in [5.41, 5.74) is 4.05. The zero-order valence-electron chi connectivity index (χ0n) is 18.3. The summed E-state index contributed by atoms with van der Waals surface area (Å²) in [5.74, 6) is 0.101. The van der Waals surface area contributed by atoms with Gasteiger partial charge in [0.1, 0.15) is 0 Å². The van der Waals surface area contributed by atoms with E-state index in [9.17, 15) is 13.2 Å². The molecule has 7 heteroatoms. The van der Waals surface area contributed by atoms with Crippen LogP contribution in [0.4, 0.5) is 0 Å². The van der Waals surface area contributed by atoms with Crippen LogP contribution in [0.5, 0.6) is 0 Å². The number of Topliss-reactive ketones (excluding diaryl/α,β-unsaturated/α-hetero) is 1. The van der Waals surface area contributed by atoms with Crippen LogP contribution in [0.25, 0.3) is 16.6 Å². The zero-order valence-corrected chi connectivity index (χ0v) is 19.9. The molecule has 2 aliphatic heterocycles. The number of halogens is 1. The number of fused-ring (bicyclic) bond motifs is 3. The predicted octanol–water partition coefficient (Wildman–Crippen LogP) is 4.95. The van der Waals surface area contributed by atoms with Gasteiger partial charge in [-0.1, -0.05) is 23.7 Å². The molecule has 2 aromatic carbocycles. The van der Waals surface area contributed by atoms with Crippen LogP contribution < -0.4 is 0 Å². The fourth-order valence-corrected chi connectivity index (χ4v) is 6.56. The predicted molar refractivity (Wildman–Crippen MR) is 129 cm³/mol. The lowest BCUT2D eigenvalue weighted by Crippen LogP contribution is -2.34. The second-order valence-electron chi connectivity index (χ2n) is 9.25. The van der Waals surface area contributed by atoms with Crippen molar-refractivity contribution in [1.29, 1.82) is 0 Å². The number of sulfone groups is 1. The Kier molecular flexibility index (Phi) is 5.43. The summed E-state index contributed by atoms with van der Waals surface area (Å²) in [6.07, 6.45) is 6.01. The lowest BCUT2D eigenvalue weighted by Gasteiger charge is -2.20. The molecule has 3 aromatic rings. The van der Waals surface area contributed by atoms with Gasteiger partial charge in [-0.15, -0.1) is 0 Å².